The maximum absolute atomic E-state index is 12.5. The van der Waals surface area contributed by atoms with Gasteiger partial charge in [0.05, 0.1) is 0 Å². The first-order valence-electron chi connectivity index (χ1n) is 29.4. The summed E-state index contributed by atoms with van der Waals surface area (Å²) in [6, 6.07) is 27.3. The van der Waals surface area contributed by atoms with Crippen molar-refractivity contribution in [3.63, 3.8) is 0 Å². The van der Waals surface area contributed by atoms with E-state index in [1.54, 1.807) is 48.0 Å². The molecule has 4 saturated carbocycles. The van der Waals surface area contributed by atoms with Crippen LogP contribution in [0.5, 0.6) is 28.7 Å². The summed E-state index contributed by atoms with van der Waals surface area (Å²) < 4.78 is 51.2. The van der Waals surface area contributed by atoms with Gasteiger partial charge in [0.15, 0.2) is 17.3 Å². The van der Waals surface area contributed by atoms with Gasteiger partial charge in [-0.3, -0.25) is 14.4 Å². The van der Waals surface area contributed by atoms with Crippen LogP contribution in [-0.4, -0.2) is 42.9 Å². The van der Waals surface area contributed by atoms with Gasteiger partial charge in [0, 0.05) is 212 Å². The average Bonchev–Trinajstić information content (AvgIpc) is 2.25. The number of ketones is 3. The summed E-state index contributed by atoms with van der Waals surface area (Å²) in [5.41, 5.74) is 12.4. The summed E-state index contributed by atoms with van der Waals surface area (Å²) in [4.78, 5) is 35.1. The van der Waals surface area contributed by atoms with Crippen molar-refractivity contribution in [3.8, 4) is 28.7 Å². The zero-order valence-corrected chi connectivity index (χ0v) is 71.0. The molecule has 450 valence electrons. The monoisotopic (exact) mass is 2110 g/mol. The van der Waals surface area contributed by atoms with E-state index in [0.717, 1.165) is 72.5 Å². The predicted octanol–water partition coefficient (Wildman–Crippen LogP) is 14.3. The summed E-state index contributed by atoms with van der Waals surface area (Å²) in [6.45, 7) is 4.99. The van der Waals surface area contributed by atoms with Crippen molar-refractivity contribution in [3.05, 3.63) is 147 Å². The van der Waals surface area contributed by atoms with Crippen LogP contribution in [0.4, 0.5) is 0 Å². The Bertz CT molecular complexity index is 3310. The molecule has 0 aliphatic heterocycles. The molecule has 0 bridgehead atoms. The van der Waals surface area contributed by atoms with Gasteiger partial charge in [-0.1, -0.05) is 57.0 Å². The van der Waals surface area contributed by atoms with Crippen molar-refractivity contribution in [1.29, 1.82) is 0 Å². The fourth-order valence-electron chi connectivity index (χ4n) is 15.9. The molecule has 14 nitrogen and oxygen atoms in total. The third-order valence-corrected chi connectivity index (χ3v) is 19.7. The first-order chi connectivity index (χ1) is 39.1. The number of hydrogen-bond acceptors (Lipinski definition) is 14. The summed E-state index contributed by atoms with van der Waals surface area (Å²) in [5.74, 6) is 6.47. The number of aryl methyl sites for hydroxylation is 5. The van der Waals surface area contributed by atoms with Gasteiger partial charge in [0.25, 0.3) is 0 Å². The van der Waals surface area contributed by atoms with E-state index in [1.807, 2.05) is 42.5 Å². The molecule has 0 spiro atoms. The molecule has 9 aliphatic rings. The van der Waals surface area contributed by atoms with Gasteiger partial charge in [-0.15, -0.1) is 0 Å². The van der Waals surface area contributed by atoms with Crippen molar-refractivity contribution < 1.29 is 267 Å². The first kappa shape index (κ1) is 78.2. The number of phenolic OH excluding ortho intramolecular Hbond substituents is 5. The van der Waals surface area contributed by atoms with Crippen LogP contribution in [0.25, 0.3) is 0 Å². The fraction of sp³-hybridized carbons (Fsp3) is 0.500. The van der Waals surface area contributed by atoms with Crippen molar-refractivity contribution in [2.45, 2.75) is 173 Å². The number of benzene rings is 5. The van der Waals surface area contributed by atoms with E-state index in [2.05, 4.69) is 19.9 Å². The molecule has 0 saturated heterocycles. The molecule has 14 rings (SSSR count). The molecule has 0 heterocycles. The summed E-state index contributed by atoms with van der Waals surface area (Å²) in [7, 11) is 0. The number of phenols is 5. The number of Topliss-reactive ketones (excluding diaryl/α,β-unsaturated/α-hetero) is 3. The standard InChI is InChI=1S/C18H22O2.C18H24O.2C10H10O2.C10H12O.4Ac.2Cr.6O/c1-18-7-2-3-16(18)14-10-17(20)15-9-11(19)4-5-12(15)13(14)6-8-18;1-18-9-2-3-17(18)16-6-4-12-11-13(19)5-7-14(12)15(16)8-10-18;2*11-8-5-4-7-2-1-3-10(12)9(7)6-8;11-10-6-5-8-3-1-2-4-9(8)7-10;;;;;;;;;;;;/h4-5,9,13-14,16,19H,2-3,6-8,10H2,1H3;5,7,11,15-17,19H,2-4,6,8-10H2,1H3;2*4-6,11H,1-3H2;5-7,11H,1-4H2;;;;;;;;;;;;/t13?,14?,16?,18-;15?,16?,17?,18-;;;;;;;;;;;;;;;/m00.............../s1. The molecule has 0 amide bonds. The molecule has 8 atom stereocenters. The van der Waals surface area contributed by atoms with Gasteiger partial charge in [0.1, 0.15) is 28.7 Å². The molecule has 9 aliphatic carbocycles. The van der Waals surface area contributed by atoms with Crippen LogP contribution in [0.1, 0.15) is 211 Å². The van der Waals surface area contributed by atoms with Crippen LogP contribution < -0.4 is 0 Å². The van der Waals surface area contributed by atoms with Crippen molar-refractivity contribution in [2.24, 2.45) is 34.5 Å². The van der Waals surface area contributed by atoms with E-state index in [0.29, 0.717) is 64.6 Å². The predicted molar refractivity (Wildman–Crippen MR) is 295 cm³/mol. The average molecular weight is 2110 g/mol. The molecule has 5 aromatic rings. The molecule has 4 radical (unpaired) electrons. The molecular weight excluding hydrogens is 2030 g/mol. The van der Waals surface area contributed by atoms with Crippen LogP contribution >= 0.6 is 0 Å². The Morgan fingerprint density at radius 1 is 0.360 bits per heavy atom. The van der Waals surface area contributed by atoms with Crippen LogP contribution in [0.15, 0.2) is 91.0 Å². The Morgan fingerprint density at radius 3 is 1.24 bits per heavy atom. The van der Waals surface area contributed by atoms with E-state index in [4.69, 9.17) is 33.0 Å². The van der Waals surface area contributed by atoms with Crippen molar-refractivity contribution in [2.75, 3.05) is 0 Å². The zero-order valence-electron chi connectivity index (χ0n) is 49.4. The minimum atomic E-state index is -3.79. The van der Waals surface area contributed by atoms with E-state index in [9.17, 15) is 29.7 Å². The van der Waals surface area contributed by atoms with Gasteiger partial charge in [-0.25, -0.2) is 0 Å². The molecule has 5 aromatic carbocycles. The first-order valence-corrected chi connectivity index (χ1v) is 32.5. The fourth-order valence-corrected chi connectivity index (χ4v) is 15.9. The van der Waals surface area contributed by atoms with Crippen LogP contribution in [0.3, 0.4) is 0 Å². The second kappa shape index (κ2) is 36.4. The van der Waals surface area contributed by atoms with Crippen molar-refractivity contribution in [1.82, 2.24) is 0 Å². The Balaban J connectivity index is 0.000000225. The number of fused-ring (bicyclic) bond motifs is 13. The van der Waals surface area contributed by atoms with E-state index in [1.165, 1.54) is 119 Å². The third kappa shape index (κ3) is 20.6. The quantitative estimate of drug-likeness (QED) is 0.0967. The number of hydrogen-bond donors (Lipinski definition) is 5. The van der Waals surface area contributed by atoms with Crippen molar-refractivity contribution >= 4 is 17.3 Å². The molecular formula is C66H78Ac4Cr2O14. The Kier molecular flexibility index (Phi) is 33.1. The summed E-state index contributed by atoms with van der Waals surface area (Å²) in [5, 5.41) is 46.8. The van der Waals surface area contributed by atoms with Crippen LogP contribution in [-0.2, 0) is 82.8 Å². The minimum absolute atomic E-state index is 0. The van der Waals surface area contributed by atoms with E-state index < -0.39 is 27.9 Å². The molecule has 6 unspecified atom stereocenters. The van der Waals surface area contributed by atoms with Crippen LogP contribution in [0, 0.1) is 211 Å². The SMILES string of the molecule is C[C@@]12CCCC1C1CC(=O)c3cc(O)ccc3C1CC2.C[C@@]12CCCC1C1CCc3cc(O)ccc3C1CC2.O=C1CCCc2ccc(O)cc21.O=C1CCCc2ccc(O)cc21.Oc1ccc2c(c1)CCCC2.[Ac].[Ac].[Ac].[Ac].[O]=[Cr](=[O])=[O].[O]=[Cr](=[O])=[O]. The number of carbonyl (C=O) groups excluding carboxylic acids is 3. The van der Waals surface area contributed by atoms with Crippen LogP contribution in [0.2, 0.25) is 0 Å². The number of rotatable bonds is 0. The van der Waals surface area contributed by atoms with Gasteiger partial charge in [-0.05, 0) is 262 Å². The summed E-state index contributed by atoms with van der Waals surface area (Å²) in [6.07, 6.45) is 26.8. The summed E-state index contributed by atoms with van der Waals surface area (Å²) >= 11 is -7.58. The Hall–Kier alpha value is -0.259. The van der Waals surface area contributed by atoms with Gasteiger partial charge in [0.2, 0.25) is 0 Å². The normalized spacial score (nSPS) is 25.0. The maximum atomic E-state index is 12.5. The molecule has 4 fully saturated rings. The Morgan fingerprint density at radius 2 is 0.744 bits per heavy atom. The number of carbonyl (C=O) groups is 3. The molecule has 86 heavy (non-hydrogen) atoms. The molecule has 20 heteroatoms. The topological polar surface area (TPSA) is 255 Å². The van der Waals surface area contributed by atoms with Gasteiger partial charge in [-0.2, -0.15) is 0 Å². The third-order valence-electron chi connectivity index (χ3n) is 19.7. The molecule has 5 N–H and O–H groups in total. The second-order valence-corrected chi connectivity index (χ2v) is 25.8. The molecule has 0 aromatic heterocycles. The number of aromatic hydroxyl groups is 5. The zero-order chi connectivity index (χ0) is 58.9. The van der Waals surface area contributed by atoms with E-state index in [-0.39, 0.29) is 211 Å². The van der Waals surface area contributed by atoms with Gasteiger partial charge < -0.3 is 25.5 Å². The Labute approximate surface area is 656 Å². The second-order valence-electron chi connectivity index (χ2n) is 24.5. The van der Waals surface area contributed by atoms with E-state index >= 15 is 0 Å². The van der Waals surface area contributed by atoms with Gasteiger partial charge >= 0.3 is 50.7 Å².